The molecule has 1 heterocycles. The Kier molecular flexibility index (Phi) is 6.76. The van der Waals surface area contributed by atoms with E-state index in [9.17, 15) is 9.59 Å². The average Bonchev–Trinajstić information content (AvgIpc) is 2.93. The molecule has 8 heteroatoms. The Morgan fingerprint density at radius 2 is 2.04 bits per heavy atom. The van der Waals surface area contributed by atoms with Gasteiger partial charge in [-0.2, -0.15) is 5.10 Å². The molecule has 132 valence electrons. The number of amides is 1. The summed E-state index contributed by atoms with van der Waals surface area (Å²) < 4.78 is 10.1. The quantitative estimate of drug-likeness (QED) is 0.363. The number of benzene rings is 1. The second-order valence-electron chi connectivity index (χ2n) is 5.51. The van der Waals surface area contributed by atoms with Crippen LogP contribution in [0, 0.1) is 5.92 Å². The van der Waals surface area contributed by atoms with Crippen LogP contribution < -0.4 is 10.1 Å². The smallest absolute Gasteiger partial charge is 0.331 e. The van der Waals surface area contributed by atoms with E-state index in [0.717, 1.165) is 29.2 Å². The molecule has 2 rings (SSSR count). The Morgan fingerprint density at radius 1 is 1.32 bits per heavy atom. The van der Waals surface area contributed by atoms with Crippen molar-refractivity contribution in [2.24, 2.45) is 16.1 Å². The van der Waals surface area contributed by atoms with Crippen molar-refractivity contribution in [1.29, 1.82) is 0 Å². The molecule has 0 spiro atoms. The number of methoxy groups -OCH3 is 1. The average molecular weight is 361 g/mol. The molecule has 1 fully saturated rings. The first-order valence-electron chi connectivity index (χ1n) is 7.60. The zero-order valence-electron chi connectivity index (χ0n) is 14.2. The number of rotatable bonds is 6. The molecule has 1 aliphatic heterocycles. The lowest BCUT2D eigenvalue weighted by molar-refractivity contribution is -0.135. The molecule has 1 amide bonds. The monoisotopic (exact) mass is 361 g/mol. The third kappa shape index (κ3) is 6.07. The number of thioether (sulfide) groups is 1. The number of nitrogens with zero attached hydrogens (tertiary/aromatic N) is 2. The van der Waals surface area contributed by atoms with Crippen LogP contribution in [0.4, 0.5) is 0 Å². The molecular weight excluding hydrogens is 342 g/mol. The molecule has 0 radical (unpaired) electrons. The first-order valence-corrected chi connectivity index (χ1v) is 8.42. The zero-order chi connectivity index (χ0) is 18.2. The van der Waals surface area contributed by atoms with Crippen LogP contribution in [-0.2, 0) is 14.3 Å². The molecule has 1 N–H and O–H groups in total. The fraction of sp³-hybridized carbons (Fsp3) is 0.294. The summed E-state index contributed by atoms with van der Waals surface area (Å²) in [5, 5.41) is 10.7. The minimum absolute atomic E-state index is 0.215. The Balaban J connectivity index is 1.94. The molecule has 0 atom stereocenters. The van der Waals surface area contributed by atoms with Gasteiger partial charge in [-0.25, -0.2) is 4.79 Å². The first kappa shape index (κ1) is 18.7. The molecule has 1 aromatic rings. The van der Waals surface area contributed by atoms with Gasteiger partial charge in [0.2, 0.25) is 0 Å². The summed E-state index contributed by atoms with van der Waals surface area (Å²) >= 11 is 1.03. The Bertz CT molecular complexity index is 724. The summed E-state index contributed by atoms with van der Waals surface area (Å²) in [6, 6.07) is 7.45. The Morgan fingerprint density at radius 3 is 2.68 bits per heavy atom. The standard InChI is InChI=1S/C17H19N3O4S/c1-11(2)10-24-13-6-4-12(5-7-13)9-18-20-17-19-16(22)14(25-17)8-15(21)23-3/h4-9,11H,10H2,1-3H3,(H,19,20,22)/b14-8+,18-9?. The number of amidine groups is 1. The summed E-state index contributed by atoms with van der Waals surface area (Å²) in [4.78, 5) is 23.0. The number of carbonyl (C=O) groups excluding carboxylic acids is 2. The molecule has 0 unspecified atom stereocenters. The van der Waals surface area contributed by atoms with E-state index < -0.39 is 11.9 Å². The van der Waals surface area contributed by atoms with E-state index >= 15 is 0 Å². The van der Waals surface area contributed by atoms with Crippen molar-refractivity contribution in [2.75, 3.05) is 13.7 Å². The normalized spacial score (nSPS) is 17.5. The van der Waals surface area contributed by atoms with Crippen LogP contribution in [-0.4, -0.2) is 37.0 Å². The fourth-order valence-corrected chi connectivity index (χ4v) is 2.44. The number of hydrogen-bond donors (Lipinski definition) is 1. The highest BCUT2D eigenvalue weighted by Gasteiger charge is 2.24. The van der Waals surface area contributed by atoms with Crippen LogP contribution in [0.5, 0.6) is 5.75 Å². The number of carbonyl (C=O) groups is 2. The highest BCUT2D eigenvalue weighted by Crippen LogP contribution is 2.23. The summed E-state index contributed by atoms with van der Waals surface area (Å²) in [5.74, 6) is 0.265. The highest BCUT2D eigenvalue weighted by atomic mass is 32.2. The predicted octanol–water partition coefficient (Wildman–Crippen LogP) is 2.33. The van der Waals surface area contributed by atoms with E-state index in [1.54, 1.807) is 6.21 Å². The molecule has 1 aromatic carbocycles. The van der Waals surface area contributed by atoms with Crippen LogP contribution in [0.1, 0.15) is 19.4 Å². The van der Waals surface area contributed by atoms with Gasteiger partial charge < -0.3 is 9.47 Å². The van der Waals surface area contributed by atoms with Crippen molar-refractivity contribution in [3.05, 3.63) is 40.8 Å². The van der Waals surface area contributed by atoms with Crippen molar-refractivity contribution in [3.63, 3.8) is 0 Å². The fourth-order valence-electron chi connectivity index (χ4n) is 1.70. The molecule has 0 aliphatic carbocycles. The van der Waals surface area contributed by atoms with Crippen LogP contribution in [0.15, 0.2) is 45.4 Å². The largest absolute Gasteiger partial charge is 0.493 e. The van der Waals surface area contributed by atoms with E-state index in [1.807, 2.05) is 24.3 Å². The summed E-state index contributed by atoms with van der Waals surface area (Å²) in [7, 11) is 1.25. The van der Waals surface area contributed by atoms with Gasteiger partial charge in [0, 0.05) is 6.08 Å². The van der Waals surface area contributed by atoms with E-state index in [1.165, 1.54) is 7.11 Å². The van der Waals surface area contributed by atoms with Crippen LogP contribution >= 0.6 is 11.8 Å². The molecule has 1 saturated heterocycles. The molecule has 0 saturated carbocycles. The minimum atomic E-state index is -0.595. The second kappa shape index (κ2) is 9.03. The van der Waals surface area contributed by atoms with Gasteiger partial charge >= 0.3 is 5.97 Å². The lowest BCUT2D eigenvalue weighted by atomic mass is 10.2. The lowest BCUT2D eigenvalue weighted by Crippen LogP contribution is -2.19. The number of hydrogen-bond acceptors (Lipinski definition) is 7. The Labute approximate surface area is 150 Å². The van der Waals surface area contributed by atoms with Gasteiger partial charge in [-0.3, -0.25) is 10.1 Å². The zero-order valence-corrected chi connectivity index (χ0v) is 15.0. The van der Waals surface area contributed by atoms with Gasteiger partial charge in [-0.05, 0) is 47.5 Å². The third-order valence-electron chi connectivity index (χ3n) is 2.92. The van der Waals surface area contributed by atoms with Gasteiger partial charge in [0.1, 0.15) is 5.75 Å². The van der Waals surface area contributed by atoms with Gasteiger partial charge in [0.15, 0.2) is 5.17 Å². The number of esters is 1. The summed E-state index contributed by atoms with van der Waals surface area (Å²) in [6.45, 7) is 4.84. The number of nitrogens with one attached hydrogen (secondary N) is 1. The minimum Gasteiger partial charge on any atom is -0.493 e. The van der Waals surface area contributed by atoms with Gasteiger partial charge in [-0.1, -0.05) is 13.8 Å². The van der Waals surface area contributed by atoms with Crippen LogP contribution in [0.3, 0.4) is 0 Å². The molecule has 1 aliphatic rings. The van der Waals surface area contributed by atoms with Crippen molar-refractivity contribution in [3.8, 4) is 5.75 Å². The van der Waals surface area contributed by atoms with Crippen molar-refractivity contribution in [1.82, 2.24) is 5.32 Å². The number of ether oxygens (including phenoxy) is 2. The second-order valence-corrected chi connectivity index (χ2v) is 6.54. The van der Waals surface area contributed by atoms with E-state index in [4.69, 9.17) is 4.74 Å². The lowest BCUT2D eigenvalue weighted by Gasteiger charge is -2.08. The Hall–Kier alpha value is -2.61. The van der Waals surface area contributed by atoms with Gasteiger partial charge in [-0.15, -0.1) is 5.10 Å². The van der Waals surface area contributed by atoms with E-state index in [2.05, 4.69) is 34.1 Å². The van der Waals surface area contributed by atoms with E-state index in [-0.39, 0.29) is 4.91 Å². The third-order valence-corrected chi connectivity index (χ3v) is 3.82. The molecule has 0 bridgehead atoms. The van der Waals surface area contributed by atoms with Gasteiger partial charge in [0.25, 0.3) is 5.91 Å². The molecular formula is C17H19N3O4S. The summed E-state index contributed by atoms with van der Waals surface area (Å²) in [6.07, 6.45) is 2.68. The highest BCUT2D eigenvalue weighted by molar-refractivity contribution is 8.18. The molecule has 25 heavy (non-hydrogen) atoms. The van der Waals surface area contributed by atoms with Crippen molar-refractivity contribution < 1.29 is 19.1 Å². The van der Waals surface area contributed by atoms with E-state index in [0.29, 0.717) is 17.7 Å². The maximum atomic E-state index is 11.7. The summed E-state index contributed by atoms with van der Waals surface area (Å²) in [5.41, 5.74) is 0.848. The maximum absolute atomic E-state index is 11.7. The van der Waals surface area contributed by atoms with Crippen LogP contribution in [0.25, 0.3) is 0 Å². The maximum Gasteiger partial charge on any atom is 0.331 e. The van der Waals surface area contributed by atoms with Crippen molar-refractivity contribution in [2.45, 2.75) is 13.8 Å². The first-order chi connectivity index (χ1) is 12.0. The topological polar surface area (TPSA) is 89.3 Å². The molecule has 0 aromatic heterocycles. The van der Waals surface area contributed by atoms with Crippen LogP contribution in [0.2, 0.25) is 0 Å². The van der Waals surface area contributed by atoms with Crippen molar-refractivity contribution >= 4 is 35.0 Å². The SMILES string of the molecule is COC(=O)/C=C1/S/C(=N\N=Cc2ccc(OCC(C)C)cc2)NC1=O. The predicted molar refractivity (Wildman–Crippen MR) is 97.6 cm³/mol. The molecule has 7 nitrogen and oxygen atoms in total. The van der Waals surface area contributed by atoms with Gasteiger partial charge in [0.05, 0.1) is 24.8 Å².